The number of nitrogens with one attached hydrogen (secondary N) is 1. The fraction of sp³-hybridized carbons (Fsp3) is 0.737. The first-order valence-corrected chi connectivity index (χ1v) is 9.97. The highest BCUT2D eigenvalue weighted by atomic mass is 32.1. The maximum Gasteiger partial charge on any atom is 0.220 e. The maximum atomic E-state index is 12.0. The Morgan fingerprint density at radius 3 is 2.79 bits per heavy atom. The van der Waals surface area contributed by atoms with Crippen LogP contribution < -0.4 is 5.32 Å². The Bertz CT molecular complexity index is 561. The number of ether oxygens (including phenoxy) is 1. The van der Waals surface area contributed by atoms with Gasteiger partial charge in [-0.2, -0.15) is 0 Å². The Balaban J connectivity index is 1.45. The van der Waals surface area contributed by atoms with Crippen LogP contribution in [0.4, 0.5) is 0 Å². The molecule has 3 rings (SSSR count). The molecular weight excluding hydrogens is 320 g/mol. The quantitative estimate of drug-likeness (QED) is 0.885. The standard InChI is InChI=1S/C19H30N2O2S/c1-14(2)20-18(22)10-16-11-19(23-13-16)6-8-21(9-7-19)12-17-5-4-15(3)24-17/h4-5,14,16H,6-13H2,1-3H3,(H,20,22)/t16-/m1/s1. The van der Waals surface area contributed by atoms with E-state index in [9.17, 15) is 4.79 Å². The van der Waals surface area contributed by atoms with Gasteiger partial charge >= 0.3 is 0 Å². The van der Waals surface area contributed by atoms with Gasteiger partial charge in [0.2, 0.25) is 5.91 Å². The lowest BCUT2D eigenvalue weighted by molar-refractivity contribution is -0.122. The minimum atomic E-state index is 0.0324. The second-order valence-electron chi connectivity index (χ2n) is 7.78. The second-order valence-corrected chi connectivity index (χ2v) is 9.15. The van der Waals surface area contributed by atoms with Crippen LogP contribution in [0, 0.1) is 12.8 Å². The molecule has 4 nitrogen and oxygen atoms in total. The molecule has 2 aliphatic heterocycles. The molecule has 0 unspecified atom stereocenters. The molecule has 1 atom stereocenters. The van der Waals surface area contributed by atoms with Crippen LogP contribution in [0.2, 0.25) is 0 Å². The van der Waals surface area contributed by atoms with Gasteiger partial charge in [0.15, 0.2) is 0 Å². The SMILES string of the molecule is Cc1ccc(CN2CCC3(CC2)C[C@@H](CC(=O)NC(C)C)CO3)s1. The monoisotopic (exact) mass is 350 g/mol. The third-order valence-electron chi connectivity index (χ3n) is 5.15. The van der Waals surface area contributed by atoms with Crippen LogP contribution in [-0.4, -0.2) is 42.1 Å². The molecule has 0 saturated carbocycles. The Morgan fingerprint density at radius 1 is 1.42 bits per heavy atom. The molecule has 1 aromatic rings. The van der Waals surface area contributed by atoms with Gasteiger partial charge in [-0.25, -0.2) is 0 Å². The summed E-state index contributed by atoms with van der Waals surface area (Å²) >= 11 is 1.90. The number of thiophene rings is 1. The molecule has 0 radical (unpaired) electrons. The summed E-state index contributed by atoms with van der Waals surface area (Å²) < 4.78 is 6.20. The summed E-state index contributed by atoms with van der Waals surface area (Å²) in [4.78, 5) is 17.4. The number of hydrogen-bond acceptors (Lipinski definition) is 4. The van der Waals surface area contributed by atoms with Crippen LogP contribution in [-0.2, 0) is 16.1 Å². The number of nitrogens with zero attached hydrogens (tertiary/aromatic N) is 1. The Labute approximate surface area is 149 Å². The van der Waals surface area contributed by atoms with Crippen molar-refractivity contribution in [2.45, 2.75) is 64.6 Å². The molecule has 3 heterocycles. The van der Waals surface area contributed by atoms with Gasteiger partial charge in [-0.05, 0) is 58.1 Å². The van der Waals surface area contributed by atoms with E-state index >= 15 is 0 Å². The molecule has 5 heteroatoms. The maximum absolute atomic E-state index is 12.0. The summed E-state index contributed by atoms with van der Waals surface area (Å²) in [6.45, 7) is 10.2. The third kappa shape index (κ3) is 4.58. The van der Waals surface area contributed by atoms with Crippen LogP contribution in [0.25, 0.3) is 0 Å². The van der Waals surface area contributed by atoms with Crippen molar-refractivity contribution in [3.8, 4) is 0 Å². The van der Waals surface area contributed by atoms with Crippen LogP contribution in [0.3, 0.4) is 0 Å². The number of aryl methyl sites for hydroxylation is 1. The highest BCUT2D eigenvalue weighted by molar-refractivity contribution is 7.11. The molecule has 0 bridgehead atoms. The average Bonchev–Trinajstić information content (AvgIpc) is 3.08. The van der Waals surface area contributed by atoms with E-state index in [1.54, 1.807) is 0 Å². The summed E-state index contributed by atoms with van der Waals surface area (Å²) in [5.41, 5.74) is 0.0324. The van der Waals surface area contributed by atoms with E-state index in [1.807, 2.05) is 25.2 Å². The lowest BCUT2D eigenvalue weighted by Crippen LogP contribution is -2.43. The summed E-state index contributed by atoms with van der Waals surface area (Å²) in [7, 11) is 0. The molecule has 0 aliphatic carbocycles. The highest BCUT2D eigenvalue weighted by Gasteiger charge is 2.43. The number of carbonyl (C=O) groups is 1. The van der Waals surface area contributed by atoms with E-state index in [1.165, 1.54) is 9.75 Å². The predicted molar refractivity (Wildman–Crippen MR) is 98.3 cm³/mol. The average molecular weight is 351 g/mol. The van der Waals surface area contributed by atoms with Gasteiger partial charge in [-0.1, -0.05) is 0 Å². The van der Waals surface area contributed by atoms with E-state index in [4.69, 9.17) is 4.74 Å². The van der Waals surface area contributed by atoms with Crippen molar-refractivity contribution in [2.24, 2.45) is 5.92 Å². The summed E-state index contributed by atoms with van der Waals surface area (Å²) in [5.74, 6) is 0.552. The summed E-state index contributed by atoms with van der Waals surface area (Å²) in [5, 5.41) is 3.00. The molecule has 2 fully saturated rings. The number of carbonyl (C=O) groups excluding carboxylic acids is 1. The fourth-order valence-electron chi connectivity index (χ4n) is 3.97. The van der Waals surface area contributed by atoms with E-state index in [0.29, 0.717) is 12.3 Å². The van der Waals surface area contributed by atoms with Gasteiger partial charge < -0.3 is 10.1 Å². The Kier molecular flexibility index (Phi) is 5.63. The predicted octanol–water partition coefficient (Wildman–Crippen LogP) is 3.34. The zero-order chi connectivity index (χ0) is 17.2. The summed E-state index contributed by atoms with van der Waals surface area (Å²) in [6, 6.07) is 4.68. The molecule has 134 valence electrons. The largest absolute Gasteiger partial charge is 0.375 e. The molecule has 2 aliphatic rings. The number of likely N-dealkylation sites (tertiary alicyclic amines) is 1. The van der Waals surface area contributed by atoms with Crippen molar-refractivity contribution in [3.63, 3.8) is 0 Å². The zero-order valence-corrected chi connectivity index (χ0v) is 16.0. The first kappa shape index (κ1) is 17.9. The first-order chi connectivity index (χ1) is 11.4. The molecule has 1 amide bonds. The van der Waals surface area contributed by atoms with Crippen LogP contribution in [0.15, 0.2) is 12.1 Å². The second kappa shape index (κ2) is 7.54. The van der Waals surface area contributed by atoms with Crippen molar-refractivity contribution >= 4 is 17.2 Å². The van der Waals surface area contributed by atoms with Crippen LogP contribution in [0.5, 0.6) is 0 Å². The van der Waals surface area contributed by atoms with Crippen molar-refractivity contribution in [1.82, 2.24) is 10.2 Å². The van der Waals surface area contributed by atoms with Crippen LogP contribution in [0.1, 0.15) is 49.3 Å². The lowest BCUT2D eigenvalue weighted by Gasteiger charge is -2.38. The minimum absolute atomic E-state index is 0.0324. The number of amides is 1. The zero-order valence-electron chi connectivity index (χ0n) is 15.1. The third-order valence-corrected chi connectivity index (χ3v) is 6.14. The van der Waals surface area contributed by atoms with E-state index in [0.717, 1.165) is 45.5 Å². The van der Waals surface area contributed by atoms with Crippen molar-refractivity contribution < 1.29 is 9.53 Å². The van der Waals surface area contributed by atoms with Crippen molar-refractivity contribution in [2.75, 3.05) is 19.7 Å². The van der Waals surface area contributed by atoms with Crippen LogP contribution >= 0.6 is 11.3 Å². The molecular formula is C19H30N2O2S. The first-order valence-electron chi connectivity index (χ1n) is 9.15. The Hall–Kier alpha value is -0.910. The normalized spacial score (nSPS) is 23.9. The van der Waals surface area contributed by atoms with Gasteiger partial charge in [0.25, 0.3) is 0 Å². The molecule has 2 saturated heterocycles. The van der Waals surface area contributed by atoms with Gasteiger partial charge in [-0.3, -0.25) is 9.69 Å². The lowest BCUT2D eigenvalue weighted by atomic mass is 9.84. The fourth-order valence-corrected chi connectivity index (χ4v) is 4.90. The summed E-state index contributed by atoms with van der Waals surface area (Å²) in [6.07, 6.45) is 3.85. The number of hydrogen-bond donors (Lipinski definition) is 1. The van der Waals surface area contributed by atoms with Gasteiger partial charge in [0.05, 0.1) is 12.2 Å². The smallest absolute Gasteiger partial charge is 0.220 e. The van der Waals surface area contributed by atoms with Gasteiger partial charge in [-0.15, -0.1) is 11.3 Å². The van der Waals surface area contributed by atoms with Crippen molar-refractivity contribution in [3.05, 3.63) is 21.9 Å². The molecule has 24 heavy (non-hydrogen) atoms. The molecule has 0 aromatic carbocycles. The van der Waals surface area contributed by atoms with E-state index < -0.39 is 0 Å². The van der Waals surface area contributed by atoms with Gasteiger partial charge in [0, 0.05) is 41.9 Å². The molecule has 1 aromatic heterocycles. The highest BCUT2D eigenvalue weighted by Crippen LogP contribution is 2.40. The minimum Gasteiger partial charge on any atom is -0.375 e. The topological polar surface area (TPSA) is 41.6 Å². The van der Waals surface area contributed by atoms with Crippen molar-refractivity contribution in [1.29, 1.82) is 0 Å². The number of piperidine rings is 1. The van der Waals surface area contributed by atoms with E-state index in [2.05, 4.69) is 29.3 Å². The van der Waals surface area contributed by atoms with Gasteiger partial charge in [0.1, 0.15) is 0 Å². The molecule has 1 spiro atoms. The molecule has 1 N–H and O–H groups in total. The number of rotatable bonds is 5. The Morgan fingerprint density at radius 2 is 2.17 bits per heavy atom. The van der Waals surface area contributed by atoms with E-state index in [-0.39, 0.29) is 17.6 Å².